The SMILES string of the molecule is Cn1c(=S)/c(=C(/NCc2ccc(C(F)(F)F)cc2)Nc2ccccc2)c(=N)n2c1=N[C@H]1CCC[C@H]12. The lowest BCUT2D eigenvalue weighted by atomic mass is 10.1. The largest absolute Gasteiger partial charge is 0.416 e. The predicted octanol–water partition coefficient (Wildman–Crippen LogP) is 3.75. The minimum atomic E-state index is -4.38. The number of benzene rings is 2. The van der Waals surface area contributed by atoms with Gasteiger partial charge in [0.1, 0.15) is 15.9 Å². The summed E-state index contributed by atoms with van der Waals surface area (Å²) in [5.41, 5.74) is 1.77. The van der Waals surface area contributed by atoms with Gasteiger partial charge < -0.3 is 15.2 Å². The lowest BCUT2D eigenvalue weighted by molar-refractivity contribution is -0.137. The highest BCUT2D eigenvalue weighted by atomic mass is 32.1. The van der Waals surface area contributed by atoms with Crippen molar-refractivity contribution in [2.45, 2.75) is 44.1 Å². The van der Waals surface area contributed by atoms with Gasteiger partial charge in [-0.2, -0.15) is 13.2 Å². The van der Waals surface area contributed by atoms with Crippen LogP contribution in [0.15, 0.2) is 59.6 Å². The Morgan fingerprint density at radius 2 is 1.83 bits per heavy atom. The monoisotopic (exact) mass is 498 g/mol. The van der Waals surface area contributed by atoms with Crippen LogP contribution in [-0.4, -0.2) is 15.2 Å². The highest BCUT2D eigenvalue weighted by Gasteiger charge is 2.34. The summed E-state index contributed by atoms with van der Waals surface area (Å²) in [6.45, 7) is 0.253. The molecule has 35 heavy (non-hydrogen) atoms. The summed E-state index contributed by atoms with van der Waals surface area (Å²) >= 11 is 5.78. The fourth-order valence-electron chi connectivity index (χ4n) is 4.81. The van der Waals surface area contributed by atoms with Gasteiger partial charge in [-0.15, -0.1) is 0 Å². The molecule has 1 fully saturated rings. The quantitative estimate of drug-likeness (QED) is 0.470. The highest BCUT2D eigenvalue weighted by molar-refractivity contribution is 7.71. The number of hydrogen-bond acceptors (Lipinski definition) is 5. The zero-order chi connectivity index (χ0) is 24.7. The van der Waals surface area contributed by atoms with Gasteiger partial charge in [0.15, 0.2) is 0 Å². The van der Waals surface area contributed by atoms with E-state index in [0.29, 0.717) is 26.9 Å². The van der Waals surface area contributed by atoms with Gasteiger partial charge in [0.2, 0.25) is 5.62 Å². The smallest absolute Gasteiger partial charge is 0.367 e. The summed E-state index contributed by atoms with van der Waals surface area (Å²) in [5, 5.41) is 16.3. The Hall–Kier alpha value is -3.40. The number of fused-ring (bicyclic) bond motifs is 3. The van der Waals surface area contributed by atoms with Crippen LogP contribution in [0.1, 0.15) is 36.4 Å². The topological polar surface area (TPSA) is 70.1 Å². The van der Waals surface area contributed by atoms with Crippen LogP contribution in [0.3, 0.4) is 0 Å². The van der Waals surface area contributed by atoms with E-state index in [4.69, 9.17) is 22.6 Å². The van der Waals surface area contributed by atoms with Crippen molar-refractivity contribution >= 4 is 23.7 Å². The van der Waals surface area contributed by atoms with Crippen LogP contribution in [0.5, 0.6) is 0 Å². The first-order valence-corrected chi connectivity index (χ1v) is 11.8. The maximum absolute atomic E-state index is 13.0. The molecule has 2 aromatic carbocycles. The van der Waals surface area contributed by atoms with Crippen LogP contribution < -0.4 is 27.0 Å². The van der Waals surface area contributed by atoms with Crippen LogP contribution in [0.25, 0.3) is 5.82 Å². The standard InChI is InChI=1S/C25H25F3N6S/c1-33-23(35)20(21(29)34-19-9-5-8-18(19)32-24(33)34)22(31-17-6-3-2-4-7-17)30-14-15-10-12-16(13-11-15)25(26,27)28/h2-4,6-7,10-13,18-19,29-31H,5,8-9,14H2,1H3/b22-20-,29-21?/t18-,19+/m0/s1. The number of hydrogen-bond donors (Lipinski definition) is 3. The Morgan fingerprint density at radius 3 is 2.51 bits per heavy atom. The van der Waals surface area contributed by atoms with Crippen molar-refractivity contribution in [2.75, 3.05) is 5.32 Å². The van der Waals surface area contributed by atoms with Crippen molar-refractivity contribution in [3.63, 3.8) is 0 Å². The normalized spacial score (nSPS) is 19.5. The Morgan fingerprint density at radius 1 is 1.11 bits per heavy atom. The molecular formula is C25H25F3N6S. The minimum Gasteiger partial charge on any atom is -0.367 e. The third kappa shape index (κ3) is 4.38. The summed E-state index contributed by atoms with van der Waals surface area (Å²) in [7, 11) is 1.86. The zero-order valence-electron chi connectivity index (χ0n) is 19.1. The van der Waals surface area contributed by atoms with Gasteiger partial charge in [-0.25, -0.2) is 4.99 Å². The van der Waals surface area contributed by atoms with Gasteiger partial charge in [-0.1, -0.05) is 42.5 Å². The number of rotatable bonds is 5. The number of nitrogens with one attached hydrogen (secondary N) is 3. The van der Waals surface area contributed by atoms with E-state index < -0.39 is 11.7 Å². The summed E-state index contributed by atoms with van der Waals surface area (Å²) < 4.78 is 43.1. The van der Waals surface area contributed by atoms with Crippen molar-refractivity contribution in [1.82, 2.24) is 14.5 Å². The molecule has 0 bridgehead atoms. The molecule has 0 saturated heterocycles. The van der Waals surface area contributed by atoms with Crippen molar-refractivity contribution < 1.29 is 13.2 Å². The van der Waals surface area contributed by atoms with E-state index in [1.54, 1.807) is 0 Å². The Labute approximate surface area is 205 Å². The molecule has 2 aliphatic rings. The molecule has 3 N–H and O–H groups in total. The zero-order valence-corrected chi connectivity index (χ0v) is 19.9. The van der Waals surface area contributed by atoms with Gasteiger partial charge >= 0.3 is 6.18 Å². The molecule has 5 rings (SSSR count). The number of nitrogens with zero attached hydrogens (tertiary/aromatic N) is 3. The number of halogens is 3. The Bertz CT molecular complexity index is 1490. The van der Waals surface area contributed by atoms with E-state index in [1.807, 2.05) is 46.5 Å². The van der Waals surface area contributed by atoms with Gasteiger partial charge in [-0.3, -0.25) is 9.98 Å². The van der Waals surface area contributed by atoms with Crippen LogP contribution in [0.4, 0.5) is 18.9 Å². The molecule has 0 radical (unpaired) electrons. The van der Waals surface area contributed by atoms with Crippen molar-refractivity contribution in [1.29, 1.82) is 5.41 Å². The van der Waals surface area contributed by atoms with E-state index in [2.05, 4.69) is 10.6 Å². The minimum absolute atomic E-state index is 0.144. The molecule has 0 spiro atoms. The first-order valence-electron chi connectivity index (χ1n) is 11.4. The summed E-state index contributed by atoms with van der Waals surface area (Å²) in [5.74, 6) is 0.526. The number of para-hydroxylation sites is 1. The molecule has 10 heteroatoms. The van der Waals surface area contributed by atoms with E-state index in [1.165, 1.54) is 12.1 Å². The molecule has 0 amide bonds. The lowest BCUT2D eigenvalue weighted by Crippen LogP contribution is -2.50. The third-order valence-electron chi connectivity index (χ3n) is 6.61. The first kappa shape index (κ1) is 23.3. The molecule has 182 valence electrons. The number of anilines is 1. The molecule has 6 nitrogen and oxygen atoms in total. The number of aromatic nitrogens is 2. The van der Waals surface area contributed by atoms with Crippen molar-refractivity contribution in [3.8, 4) is 0 Å². The average molecular weight is 499 g/mol. The van der Waals surface area contributed by atoms with E-state index in [9.17, 15) is 13.2 Å². The Balaban J connectivity index is 1.60. The van der Waals surface area contributed by atoms with Crippen LogP contribution >= 0.6 is 12.2 Å². The van der Waals surface area contributed by atoms with Gasteiger partial charge in [-0.05, 0) is 49.1 Å². The third-order valence-corrected chi connectivity index (χ3v) is 7.09. The van der Waals surface area contributed by atoms with E-state index in [0.717, 1.165) is 37.1 Å². The molecule has 2 heterocycles. The second kappa shape index (κ2) is 8.99. The molecular weight excluding hydrogens is 473 g/mol. The fourth-order valence-corrected chi connectivity index (χ4v) is 5.09. The van der Waals surface area contributed by atoms with Crippen molar-refractivity contribution in [3.05, 3.63) is 86.7 Å². The average Bonchev–Trinajstić information content (AvgIpc) is 3.43. The highest BCUT2D eigenvalue weighted by Crippen LogP contribution is 2.32. The fraction of sp³-hybridized carbons (Fsp3) is 0.320. The number of alkyl halides is 3. The van der Waals surface area contributed by atoms with Crippen LogP contribution in [-0.2, 0) is 19.8 Å². The summed E-state index contributed by atoms with van der Waals surface area (Å²) in [4.78, 5) is 4.84. The van der Waals surface area contributed by atoms with Gasteiger partial charge in [0.25, 0.3) is 0 Å². The maximum atomic E-state index is 13.0. The molecule has 1 aromatic heterocycles. The molecule has 3 aromatic rings. The molecule has 1 saturated carbocycles. The summed E-state index contributed by atoms with van der Waals surface area (Å²) in [6, 6.07) is 14.8. The van der Waals surface area contributed by atoms with Crippen molar-refractivity contribution in [2.24, 2.45) is 12.0 Å². The first-order chi connectivity index (χ1) is 16.7. The van der Waals surface area contributed by atoms with Crippen LogP contribution in [0, 0.1) is 10.0 Å². The van der Waals surface area contributed by atoms with Gasteiger partial charge in [0.05, 0.1) is 22.9 Å². The molecule has 1 aliphatic carbocycles. The second-order valence-electron chi connectivity index (χ2n) is 8.87. The lowest BCUT2D eigenvalue weighted by Gasteiger charge is -2.18. The Kier molecular flexibility index (Phi) is 6.00. The van der Waals surface area contributed by atoms with Crippen LogP contribution in [0.2, 0.25) is 0 Å². The van der Waals surface area contributed by atoms with Gasteiger partial charge in [0, 0.05) is 19.3 Å². The molecule has 2 atom stereocenters. The predicted molar refractivity (Wildman–Crippen MR) is 129 cm³/mol. The molecule has 1 aliphatic heterocycles. The second-order valence-corrected chi connectivity index (χ2v) is 9.25. The maximum Gasteiger partial charge on any atom is 0.416 e. The van der Waals surface area contributed by atoms with E-state index >= 15 is 0 Å². The van der Waals surface area contributed by atoms with E-state index in [-0.39, 0.29) is 24.1 Å². The summed E-state index contributed by atoms with van der Waals surface area (Å²) in [6.07, 6.45) is -1.34. The molecule has 0 unspecified atom stereocenters.